The van der Waals surface area contributed by atoms with Crippen LogP contribution in [0.25, 0.3) is 22.2 Å². The third-order valence-corrected chi connectivity index (χ3v) is 4.89. The van der Waals surface area contributed by atoms with E-state index in [9.17, 15) is 18.0 Å². The van der Waals surface area contributed by atoms with Crippen molar-refractivity contribution < 1.29 is 18.0 Å². The smallest absolute Gasteiger partial charge is 0.383 e. The lowest BCUT2D eigenvalue weighted by atomic mass is 9.98. The molecule has 1 atom stereocenters. The first-order chi connectivity index (χ1) is 14.1. The number of aryl methyl sites for hydroxylation is 1. The van der Waals surface area contributed by atoms with Crippen LogP contribution in [0.4, 0.5) is 19.0 Å². The number of amides is 1. The van der Waals surface area contributed by atoms with Crippen molar-refractivity contribution in [3.05, 3.63) is 53.7 Å². The second-order valence-corrected chi connectivity index (χ2v) is 7.37. The van der Waals surface area contributed by atoms with Gasteiger partial charge in [-0.05, 0) is 48.7 Å². The molecule has 158 valence electrons. The number of fused-ring (bicyclic) bond motifs is 1. The van der Waals surface area contributed by atoms with Crippen LogP contribution in [-0.2, 0) is 11.2 Å². The Balaban J connectivity index is 1.79. The van der Waals surface area contributed by atoms with Crippen LogP contribution in [0.5, 0.6) is 0 Å². The molecule has 0 saturated heterocycles. The van der Waals surface area contributed by atoms with Crippen LogP contribution in [0.2, 0.25) is 0 Å². The minimum absolute atomic E-state index is 0.277. The Morgan fingerprint density at radius 3 is 2.70 bits per heavy atom. The molecule has 0 aliphatic carbocycles. The van der Waals surface area contributed by atoms with Crippen molar-refractivity contribution in [3.63, 3.8) is 0 Å². The van der Waals surface area contributed by atoms with Gasteiger partial charge in [-0.25, -0.2) is 4.98 Å². The van der Waals surface area contributed by atoms with E-state index >= 15 is 0 Å². The first-order valence-corrected chi connectivity index (χ1v) is 9.59. The van der Waals surface area contributed by atoms with Crippen molar-refractivity contribution in [2.75, 3.05) is 12.3 Å². The van der Waals surface area contributed by atoms with E-state index in [1.165, 1.54) is 0 Å². The van der Waals surface area contributed by atoms with Crippen LogP contribution in [0.15, 0.2) is 42.6 Å². The van der Waals surface area contributed by atoms with Gasteiger partial charge in [0.05, 0.1) is 17.6 Å². The summed E-state index contributed by atoms with van der Waals surface area (Å²) in [6.45, 7) is 3.20. The molecule has 1 amide bonds. The van der Waals surface area contributed by atoms with Crippen LogP contribution in [0.3, 0.4) is 0 Å². The number of benzene rings is 1. The molecule has 8 heteroatoms. The Morgan fingerprint density at radius 2 is 2.00 bits per heavy atom. The molecule has 0 saturated carbocycles. The Hall–Kier alpha value is -3.16. The molecule has 3 aromatic rings. The number of hydrogen-bond donors (Lipinski definition) is 2. The van der Waals surface area contributed by atoms with E-state index in [0.29, 0.717) is 11.4 Å². The zero-order valence-corrected chi connectivity index (χ0v) is 16.8. The number of rotatable bonds is 6. The molecule has 1 unspecified atom stereocenters. The van der Waals surface area contributed by atoms with Crippen LogP contribution >= 0.6 is 0 Å². The standard InChI is InChI=1S/C22H23F3N4O/c1-13-4-3-8-27-19(13)15-5-6-18-16(11-15)12-17(20(26)29-18)10-14(2)21(30)28-9-7-22(23,24)25/h3-6,8,11-12,14H,7,9-10H2,1-2H3,(H2,26,29)(H,28,30). The lowest BCUT2D eigenvalue weighted by Gasteiger charge is -2.15. The first kappa shape index (κ1) is 21.5. The van der Waals surface area contributed by atoms with Gasteiger partial charge in [-0.2, -0.15) is 13.2 Å². The van der Waals surface area contributed by atoms with Crippen molar-refractivity contribution in [3.8, 4) is 11.3 Å². The maximum atomic E-state index is 12.3. The monoisotopic (exact) mass is 416 g/mol. The summed E-state index contributed by atoms with van der Waals surface area (Å²) in [6, 6.07) is 11.5. The number of carbonyl (C=O) groups excluding carboxylic acids is 1. The molecule has 2 aromatic heterocycles. The third kappa shape index (κ3) is 5.25. The zero-order chi connectivity index (χ0) is 21.9. The van der Waals surface area contributed by atoms with E-state index in [-0.39, 0.29) is 6.42 Å². The summed E-state index contributed by atoms with van der Waals surface area (Å²) >= 11 is 0. The van der Waals surface area contributed by atoms with E-state index in [4.69, 9.17) is 5.73 Å². The van der Waals surface area contributed by atoms with E-state index in [1.54, 1.807) is 13.1 Å². The summed E-state index contributed by atoms with van der Waals surface area (Å²) in [5, 5.41) is 3.18. The largest absolute Gasteiger partial charge is 0.390 e. The van der Waals surface area contributed by atoms with Gasteiger partial charge in [0.15, 0.2) is 0 Å². The van der Waals surface area contributed by atoms with E-state index in [2.05, 4.69) is 15.3 Å². The third-order valence-electron chi connectivity index (χ3n) is 4.89. The maximum Gasteiger partial charge on any atom is 0.390 e. The van der Waals surface area contributed by atoms with E-state index in [0.717, 1.165) is 27.7 Å². The van der Waals surface area contributed by atoms with Gasteiger partial charge in [0.1, 0.15) is 5.82 Å². The Labute approximate surface area is 172 Å². The van der Waals surface area contributed by atoms with Crippen molar-refractivity contribution in [2.24, 2.45) is 5.92 Å². The number of alkyl halides is 3. The topological polar surface area (TPSA) is 80.9 Å². The number of nitrogens with zero attached hydrogens (tertiary/aromatic N) is 2. The minimum Gasteiger partial charge on any atom is -0.383 e. The predicted molar refractivity (Wildman–Crippen MR) is 111 cm³/mol. The second kappa shape index (κ2) is 8.69. The van der Waals surface area contributed by atoms with Gasteiger partial charge < -0.3 is 11.1 Å². The zero-order valence-electron chi connectivity index (χ0n) is 16.8. The molecule has 0 aliphatic heterocycles. The number of pyridine rings is 2. The van der Waals surface area contributed by atoms with Gasteiger partial charge in [0.2, 0.25) is 5.91 Å². The highest BCUT2D eigenvalue weighted by molar-refractivity contribution is 5.86. The fraction of sp³-hybridized carbons (Fsp3) is 0.318. The summed E-state index contributed by atoms with van der Waals surface area (Å²) in [6.07, 6.45) is -3.34. The van der Waals surface area contributed by atoms with Crippen LogP contribution in [0, 0.1) is 12.8 Å². The van der Waals surface area contributed by atoms with Crippen molar-refractivity contribution in [1.29, 1.82) is 0 Å². The molecule has 0 bridgehead atoms. The Morgan fingerprint density at radius 1 is 1.23 bits per heavy atom. The molecule has 0 fully saturated rings. The number of hydrogen-bond acceptors (Lipinski definition) is 4. The van der Waals surface area contributed by atoms with E-state index < -0.39 is 31.0 Å². The minimum atomic E-state index is -4.30. The number of halogens is 3. The summed E-state index contributed by atoms with van der Waals surface area (Å²) in [5.41, 5.74) is 10.3. The van der Waals surface area contributed by atoms with Gasteiger partial charge in [-0.15, -0.1) is 0 Å². The fourth-order valence-corrected chi connectivity index (χ4v) is 3.26. The van der Waals surface area contributed by atoms with Crippen molar-refractivity contribution in [1.82, 2.24) is 15.3 Å². The highest BCUT2D eigenvalue weighted by Gasteiger charge is 2.27. The molecule has 0 spiro atoms. The average Bonchev–Trinajstić information content (AvgIpc) is 2.67. The number of carbonyl (C=O) groups is 1. The van der Waals surface area contributed by atoms with E-state index in [1.807, 2.05) is 43.3 Å². The van der Waals surface area contributed by atoms with Crippen LogP contribution in [0.1, 0.15) is 24.5 Å². The lowest BCUT2D eigenvalue weighted by Crippen LogP contribution is -2.33. The van der Waals surface area contributed by atoms with Crippen LogP contribution < -0.4 is 11.1 Å². The highest BCUT2D eigenvalue weighted by Crippen LogP contribution is 2.27. The maximum absolute atomic E-state index is 12.3. The fourth-order valence-electron chi connectivity index (χ4n) is 3.26. The quantitative estimate of drug-likeness (QED) is 0.623. The number of anilines is 1. The van der Waals surface area contributed by atoms with Gasteiger partial charge in [0, 0.05) is 29.6 Å². The molecule has 2 heterocycles. The average molecular weight is 416 g/mol. The normalized spacial score (nSPS) is 12.7. The molecule has 3 rings (SSSR count). The molecular weight excluding hydrogens is 393 g/mol. The first-order valence-electron chi connectivity index (χ1n) is 9.59. The Kier molecular flexibility index (Phi) is 6.24. The molecule has 30 heavy (non-hydrogen) atoms. The molecule has 0 radical (unpaired) electrons. The highest BCUT2D eigenvalue weighted by atomic mass is 19.4. The molecular formula is C22H23F3N4O. The Bertz CT molecular complexity index is 1070. The summed E-state index contributed by atoms with van der Waals surface area (Å²) in [7, 11) is 0. The predicted octanol–water partition coefficient (Wildman–Crippen LogP) is 4.43. The van der Waals surface area contributed by atoms with Crippen LogP contribution in [-0.4, -0.2) is 28.6 Å². The summed E-state index contributed by atoms with van der Waals surface area (Å²) < 4.78 is 36.8. The van der Waals surface area contributed by atoms with Crippen molar-refractivity contribution in [2.45, 2.75) is 32.9 Å². The van der Waals surface area contributed by atoms with Gasteiger partial charge >= 0.3 is 6.18 Å². The number of nitrogen functional groups attached to an aromatic ring is 1. The lowest BCUT2D eigenvalue weighted by molar-refractivity contribution is -0.136. The summed E-state index contributed by atoms with van der Waals surface area (Å²) in [4.78, 5) is 21.0. The number of aromatic nitrogens is 2. The molecule has 5 nitrogen and oxygen atoms in total. The molecule has 1 aromatic carbocycles. The number of nitrogens with two attached hydrogens (primary N) is 1. The number of nitrogens with one attached hydrogen (secondary N) is 1. The molecule has 0 aliphatic rings. The van der Waals surface area contributed by atoms with Gasteiger partial charge in [-0.3, -0.25) is 9.78 Å². The summed E-state index contributed by atoms with van der Waals surface area (Å²) in [5.74, 6) is -0.684. The SMILES string of the molecule is Cc1cccnc1-c1ccc2nc(N)c(CC(C)C(=O)NCCC(F)(F)F)cc2c1. The van der Waals surface area contributed by atoms with Gasteiger partial charge in [-0.1, -0.05) is 19.1 Å². The molecule has 3 N–H and O–H groups in total. The van der Waals surface area contributed by atoms with Crippen molar-refractivity contribution >= 4 is 22.6 Å². The second-order valence-electron chi connectivity index (χ2n) is 7.37. The van der Waals surface area contributed by atoms with Gasteiger partial charge in [0.25, 0.3) is 0 Å².